The summed E-state index contributed by atoms with van der Waals surface area (Å²) in [7, 11) is 0. The molecule has 32 heavy (non-hydrogen) atoms. The van der Waals surface area contributed by atoms with Crippen LogP contribution in [-0.4, -0.2) is 26.4 Å². The molecule has 1 N–H and O–H groups in total. The highest BCUT2D eigenvalue weighted by atomic mass is 32.2. The van der Waals surface area contributed by atoms with Crippen LogP contribution in [0.1, 0.15) is 24.1 Å². The van der Waals surface area contributed by atoms with E-state index in [0.717, 1.165) is 16.7 Å². The summed E-state index contributed by atoms with van der Waals surface area (Å²) in [4.78, 5) is 12.6. The van der Waals surface area contributed by atoms with Gasteiger partial charge in [0.2, 0.25) is 5.91 Å². The summed E-state index contributed by atoms with van der Waals surface area (Å²) in [5, 5.41) is 12.3. The van der Waals surface area contributed by atoms with Crippen LogP contribution in [0.2, 0.25) is 0 Å². The molecule has 162 valence electrons. The number of carbonyl (C=O) groups is 1. The van der Waals surface area contributed by atoms with Crippen LogP contribution in [-0.2, 0) is 11.3 Å². The van der Waals surface area contributed by atoms with Crippen molar-refractivity contribution in [1.29, 1.82) is 0 Å². The molecule has 0 saturated carbocycles. The fourth-order valence-electron chi connectivity index (χ4n) is 3.35. The van der Waals surface area contributed by atoms with E-state index in [4.69, 9.17) is 0 Å². The maximum atomic E-state index is 13.4. The minimum atomic E-state index is -0.304. The molecule has 1 heterocycles. The second kappa shape index (κ2) is 10.2. The Morgan fingerprint density at radius 3 is 2.31 bits per heavy atom. The van der Waals surface area contributed by atoms with Gasteiger partial charge in [0, 0.05) is 5.56 Å². The van der Waals surface area contributed by atoms with Crippen LogP contribution in [0.3, 0.4) is 0 Å². The highest BCUT2D eigenvalue weighted by Crippen LogP contribution is 2.25. The van der Waals surface area contributed by atoms with Gasteiger partial charge in [-0.05, 0) is 42.3 Å². The number of hydrogen-bond donors (Lipinski definition) is 1. The summed E-state index contributed by atoms with van der Waals surface area (Å²) < 4.78 is 15.4. The van der Waals surface area contributed by atoms with Crippen molar-refractivity contribution in [2.75, 3.05) is 5.75 Å². The molecule has 5 nitrogen and oxygen atoms in total. The van der Waals surface area contributed by atoms with Gasteiger partial charge in [0.15, 0.2) is 11.0 Å². The van der Waals surface area contributed by atoms with Crippen molar-refractivity contribution < 1.29 is 9.18 Å². The smallest absolute Gasteiger partial charge is 0.230 e. The minimum Gasteiger partial charge on any atom is -0.349 e. The van der Waals surface area contributed by atoms with Crippen LogP contribution in [0.25, 0.3) is 11.4 Å². The van der Waals surface area contributed by atoms with E-state index >= 15 is 0 Å². The lowest BCUT2D eigenvalue weighted by atomic mass is 10.1. The Bertz CT molecular complexity index is 1160. The van der Waals surface area contributed by atoms with Gasteiger partial charge in [-0.1, -0.05) is 72.4 Å². The zero-order valence-electron chi connectivity index (χ0n) is 17.6. The first-order valence-electron chi connectivity index (χ1n) is 10.3. The second-order valence-electron chi connectivity index (χ2n) is 7.37. The normalized spacial score (nSPS) is 11.8. The Kier molecular flexibility index (Phi) is 6.97. The van der Waals surface area contributed by atoms with Crippen LogP contribution < -0.4 is 5.32 Å². The molecule has 4 aromatic rings. The zero-order valence-corrected chi connectivity index (χ0v) is 18.4. The first kappa shape index (κ1) is 21.8. The van der Waals surface area contributed by atoms with Crippen molar-refractivity contribution >= 4 is 17.7 Å². The number of thioether (sulfide) groups is 1. The van der Waals surface area contributed by atoms with Gasteiger partial charge in [-0.2, -0.15) is 0 Å². The minimum absolute atomic E-state index is 0.0797. The lowest BCUT2D eigenvalue weighted by molar-refractivity contribution is -0.119. The molecule has 3 aromatic carbocycles. The van der Waals surface area contributed by atoms with Crippen LogP contribution in [0, 0.1) is 5.82 Å². The van der Waals surface area contributed by atoms with E-state index in [1.165, 1.54) is 23.9 Å². The third kappa shape index (κ3) is 5.42. The Morgan fingerprint density at radius 2 is 1.62 bits per heavy atom. The third-order valence-corrected chi connectivity index (χ3v) is 5.98. The predicted octanol–water partition coefficient (Wildman–Crippen LogP) is 5.10. The number of rotatable bonds is 8. The van der Waals surface area contributed by atoms with E-state index in [9.17, 15) is 9.18 Å². The van der Waals surface area contributed by atoms with Gasteiger partial charge in [0.05, 0.1) is 18.3 Å². The zero-order chi connectivity index (χ0) is 22.3. The topological polar surface area (TPSA) is 59.8 Å². The average molecular weight is 447 g/mol. The van der Waals surface area contributed by atoms with Gasteiger partial charge in [-0.25, -0.2) is 4.39 Å². The predicted molar refractivity (Wildman–Crippen MR) is 125 cm³/mol. The standard InChI is InChI=1S/C25H23FN4OS/c1-18(20-10-6-3-7-11-20)27-23(31)17-32-25-29-28-24(21-12-14-22(26)15-13-21)30(25)16-19-8-4-2-5-9-19/h2-15,18H,16-17H2,1H3,(H,27,31). The van der Waals surface area contributed by atoms with Crippen LogP contribution >= 0.6 is 11.8 Å². The van der Waals surface area contributed by atoms with E-state index in [2.05, 4.69) is 15.5 Å². The molecule has 1 aromatic heterocycles. The van der Waals surface area contributed by atoms with Gasteiger partial charge >= 0.3 is 0 Å². The molecule has 4 rings (SSSR count). The maximum absolute atomic E-state index is 13.4. The van der Waals surface area contributed by atoms with Crippen molar-refractivity contribution in [3.8, 4) is 11.4 Å². The molecule has 0 bridgehead atoms. The summed E-state index contributed by atoms with van der Waals surface area (Å²) >= 11 is 1.33. The van der Waals surface area contributed by atoms with Crippen LogP contribution in [0.4, 0.5) is 4.39 Å². The highest BCUT2D eigenvalue weighted by Gasteiger charge is 2.17. The third-order valence-electron chi connectivity index (χ3n) is 5.01. The molecule has 0 aliphatic rings. The quantitative estimate of drug-likeness (QED) is 0.383. The highest BCUT2D eigenvalue weighted by molar-refractivity contribution is 7.99. The molecular weight excluding hydrogens is 423 g/mol. The molecule has 0 aliphatic carbocycles. The lowest BCUT2D eigenvalue weighted by Crippen LogP contribution is -2.28. The average Bonchev–Trinajstić information content (AvgIpc) is 3.21. The molecule has 1 atom stereocenters. The molecule has 1 unspecified atom stereocenters. The molecule has 0 fully saturated rings. The second-order valence-corrected chi connectivity index (χ2v) is 8.32. The molecule has 0 saturated heterocycles. The summed E-state index contributed by atoms with van der Waals surface area (Å²) in [6, 6.07) is 25.9. The summed E-state index contributed by atoms with van der Waals surface area (Å²) in [5.74, 6) is 0.466. The van der Waals surface area contributed by atoms with Gasteiger partial charge in [0.25, 0.3) is 0 Å². The number of carbonyl (C=O) groups excluding carboxylic acids is 1. The molecule has 1 amide bonds. The summed E-state index contributed by atoms with van der Waals surface area (Å²) in [6.07, 6.45) is 0. The number of hydrogen-bond acceptors (Lipinski definition) is 4. The number of nitrogens with one attached hydrogen (secondary N) is 1. The van der Waals surface area contributed by atoms with Gasteiger partial charge in [-0.3, -0.25) is 9.36 Å². The number of aromatic nitrogens is 3. The fourth-order valence-corrected chi connectivity index (χ4v) is 4.10. The van der Waals surface area contributed by atoms with Crippen molar-refractivity contribution in [2.45, 2.75) is 24.7 Å². The van der Waals surface area contributed by atoms with E-state index in [1.54, 1.807) is 12.1 Å². The lowest BCUT2D eigenvalue weighted by Gasteiger charge is -2.14. The van der Waals surface area contributed by atoms with E-state index < -0.39 is 0 Å². The Morgan fingerprint density at radius 1 is 0.969 bits per heavy atom. The maximum Gasteiger partial charge on any atom is 0.230 e. The van der Waals surface area contributed by atoms with E-state index in [0.29, 0.717) is 17.5 Å². The van der Waals surface area contributed by atoms with E-state index in [-0.39, 0.29) is 23.5 Å². The fraction of sp³-hybridized carbons (Fsp3) is 0.160. The van der Waals surface area contributed by atoms with Gasteiger partial charge in [0.1, 0.15) is 5.82 Å². The number of nitrogens with zero attached hydrogens (tertiary/aromatic N) is 3. The van der Waals surface area contributed by atoms with Gasteiger partial charge < -0.3 is 5.32 Å². The summed E-state index contributed by atoms with van der Waals surface area (Å²) in [6.45, 7) is 2.51. The number of amides is 1. The van der Waals surface area contributed by atoms with Crippen molar-refractivity contribution in [3.05, 3.63) is 102 Å². The monoisotopic (exact) mass is 446 g/mol. The molecule has 7 heteroatoms. The van der Waals surface area contributed by atoms with Gasteiger partial charge in [-0.15, -0.1) is 10.2 Å². The molecule has 0 aliphatic heterocycles. The Hall–Kier alpha value is -3.45. The first-order chi connectivity index (χ1) is 15.6. The molecule has 0 spiro atoms. The molecule has 0 radical (unpaired) electrons. The van der Waals surface area contributed by atoms with Crippen molar-refractivity contribution in [2.24, 2.45) is 0 Å². The number of benzene rings is 3. The van der Waals surface area contributed by atoms with Crippen molar-refractivity contribution in [1.82, 2.24) is 20.1 Å². The largest absolute Gasteiger partial charge is 0.349 e. The first-order valence-corrected chi connectivity index (χ1v) is 11.3. The molecular formula is C25H23FN4OS. The Labute approximate surface area is 190 Å². The van der Waals surface area contributed by atoms with Crippen LogP contribution in [0.5, 0.6) is 0 Å². The number of halogens is 1. The Balaban J connectivity index is 1.51. The van der Waals surface area contributed by atoms with E-state index in [1.807, 2.05) is 72.2 Å². The summed E-state index contributed by atoms with van der Waals surface area (Å²) in [5.41, 5.74) is 2.90. The van der Waals surface area contributed by atoms with Crippen LogP contribution in [0.15, 0.2) is 90.1 Å². The SMILES string of the molecule is CC(NC(=O)CSc1nnc(-c2ccc(F)cc2)n1Cc1ccccc1)c1ccccc1. The van der Waals surface area contributed by atoms with Crippen molar-refractivity contribution in [3.63, 3.8) is 0 Å².